The summed E-state index contributed by atoms with van der Waals surface area (Å²) >= 11 is 0. The fraction of sp³-hybridized carbons (Fsp3) is 0.533. The number of hydrogen-bond acceptors (Lipinski definition) is 4. The molecule has 1 saturated heterocycles. The topological polar surface area (TPSA) is 73.6 Å². The van der Waals surface area contributed by atoms with Gasteiger partial charge in [-0.2, -0.15) is 0 Å². The van der Waals surface area contributed by atoms with E-state index in [2.05, 4.69) is 5.32 Å². The van der Waals surface area contributed by atoms with Crippen LogP contribution >= 0.6 is 0 Å². The lowest BCUT2D eigenvalue weighted by Crippen LogP contribution is -2.41. The monoisotopic (exact) mass is 296 g/mol. The molecule has 1 aromatic rings. The molecular formula is C15H21FN2O3. The summed E-state index contributed by atoms with van der Waals surface area (Å²) in [5.41, 5.74) is 6.48. The third-order valence-corrected chi connectivity index (χ3v) is 3.41. The zero-order chi connectivity index (χ0) is 15.2. The first kappa shape index (κ1) is 15.7. The molecule has 6 heteroatoms. The van der Waals surface area contributed by atoms with Crippen molar-refractivity contribution in [1.29, 1.82) is 0 Å². The van der Waals surface area contributed by atoms with Crippen LogP contribution in [0.4, 0.5) is 4.39 Å². The number of ether oxygens (including phenoxy) is 2. The minimum absolute atomic E-state index is 0.121. The van der Waals surface area contributed by atoms with Crippen LogP contribution in [0.5, 0.6) is 5.75 Å². The Morgan fingerprint density at radius 3 is 2.90 bits per heavy atom. The first-order valence-electron chi connectivity index (χ1n) is 7.11. The second-order valence-corrected chi connectivity index (χ2v) is 5.21. The predicted octanol–water partition coefficient (Wildman–Crippen LogP) is 1.52. The zero-order valence-corrected chi connectivity index (χ0v) is 12.1. The quantitative estimate of drug-likeness (QED) is 0.864. The summed E-state index contributed by atoms with van der Waals surface area (Å²) in [4.78, 5) is 11.8. The van der Waals surface area contributed by atoms with Gasteiger partial charge in [-0.15, -0.1) is 0 Å². The number of carbonyl (C=O) groups is 1. The normalized spacial score (nSPS) is 17.3. The Kier molecular flexibility index (Phi) is 5.52. The standard InChI is InChI=1S/C15H21FN2O3/c1-10(17)13-3-2-11(16)8-14(13)21-9-15(19)18-12-4-6-20-7-5-12/h2-3,8,10,12H,4-7,9,17H2,1H3,(H,18,19). The van der Waals surface area contributed by atoms with Gasteiger partial charge in [0.25, 0.3) is 5.91 Å². The van der Waals surface area contributed by atoms with Crippen LogP contribution < -0.4 is 15.8 Å². The van der Waals surface area contributed by atoms with E-state index >= 15 is 0 Å². The Labute approximate surface area is 123 Å². The lowest BCUT2D eigenvalue weighted by atomic mass is 10.1. The maximum Gasteiger partial charge on any atom is 0.258 e. The minimum atomic E-state index is -0.417. The molecular weight excluding hydrogens is 275 g/mol. The molecule has 3 N–H and O–H groups in total. The Morgan fingerprint density at radius 2 is 2.24 bits per heavy atom. The van der Waals surface area contributed by atoms with Crippen molar-refractivity contribution in [3.8, 4) is 5.75 Å². The fourth-order valence-electron chi connectivity index (χ4n) is 2.26. The number of hydrogen-bond donors (Lipinski definition) is 2. The summed E-state index contributed by atoms with van der Waals surface area (Å²) in [6.07, 6.45) is 1.60. The third-order valence-electron chi connectivity index (χ3n) is 3.41. The number of benzene rings is 1. The Balaban J connectivity index is 1.89. The van der Waals surface area contributed by atoms with Gasteiger partial charge in [-0.1, -0.05) is 6.07 Å². The molecule has 5 nitrogen and oxygen atoms in total. The number of amides is 1. The van der Waals surface area contributed by atoms with Gasteiger partial charge in [-0.05, 0) is 25.8 Å². The molecule has 0 saturated carbocycles. The average molecular weight is 296 g/mol. The number of nitrogens with one attached hydrogen (secondary N) is 1. The average Bonchev–Trinajstić information content (AvgIpc) is 2.46. The van der Waals surface area contributed by atoms with Crippen molar-refractivity contribution in [2.75, 3.05) is 19.8 Å². The maximum absolute atomic E-state index is 13.3. The molecule has 1 amide bonds. The Hall–Kier alpha value is -1.66. The van der Waals surface area contributed by atoms with E-state index in [1.165, 1.54) is 12.1 Å². The summed E-state index contributed by atoms with van der Waals surface area (Å²) in [5, 5.41) is 2.88. The Morgan fingerprint density at radius 1 is 1.52 bits per heavy atom. The molecule has 0 radical (unpaired) electrons. The highest BCUT2D eigenvalue weighted by atomic mass is 19.1. The number of halogens is 1. The van der Waals surface area contributed by atoms with Crippen molar-refractivity contribution < 1.29 is 18.7 Å². The molecule has 0 spiro atoms. The first-order chi connectivity index (χ1) is 10.1. The number of nitrogens with two attached hydrogens (primary N) is 1. The van der Waals surface area contributed by atoms with Crippen molar-refractivity contribution in [3.63, 3.8) is 0 Å². The number of carbonyl (C=O) groups excluding carboxylic acids is 1. The molecule has 1 aliphatic rings. The van der Waals surface area contributed by atoms with Crippen molar-refractivity contribution in [2.45, 2.75) is 31.8 Å². The van der Waals surface area contributed by atoms with Gasteiger partial charge < -0.3 is 20.5 Å². The SMILES string of the molecule is CC(N)c1ccc(F)cc1OCC(=O)NC1CCOCC1. The highest BCUT2D eigenvalue weighted by Gasteiger charge is 2.17. The summed E-state index contributed by atoms with van der Waals surface area (Å²) in [5.74, 6) is -0.326. The largest absolute Gasteiger partial charge is 0.483 e. The van der Waals surface area contributed by atoms with Gasteiger partial charge in [-0.3, -0.25) is 4.79 Å². The van der Waals surface area contributed by atoms with Gasteiger partial charge >= 0.3 is 0 Å². The first-order valence-corrected chi connectivity index (χ1v) is 7.11. The molecule has 2 rings (SSSR count). The summed E-state index contributed by atoms with van der Waals surface area (Å²) in [6, 6.07) is 3.98. The second kappa shape index (κ2) is 7.38. The molecule has 1 fully saturated rings. The van der Waals surface area contributed by atoms with E-state index in [0.717, 1.165) is 12.8 Å². The third kappa shape index (κ3) is 4.68. The Bertz CT molecular complexity index is 488. The fourth-order valence-corrected chi connectivity index (χ4v) is 2.26. The molecule has 0 bridgehead atoms. The van der Waals surface area contributed by atoms with Crippen LogP contribution in [0.2, 0.25) is 0 Å². The summed E-state index contributed by atoms with van der Waals surface area (Å²) in [6.45, 7) is 2.94. The van der Waals surface area contributed by atoms with E-state index in [1.807, 2.05) is 0 Å². The zero-order valence-electron chi connectivity index (χ0n) is 12.1. The van der Waals surface area contributed by atoms with Crippen LogP contribution in [0.1, 0.15) is 31.4 Å². The molecule has 1 aliphatic heterocycles. The van der Waals surface area contributed by atoms with Crippen LogP contribution in [-0.4, -0.2) is 31.8 Å². The van der Waals surface area contributed by atoms with Gasteiger partial charge in [0, 0.05) is 36.9 Å². The van der Waals surface area contributed by atoms with E-state index < -0.39 is 5.82 Å². The van der Waals surface area contributed by atoms with Crippen molar-refractivity contribution >= 4 is 5.91 Å². The second-order valence-electron chi connectivity index (χ2n) is 5.21. The van der Waals surface area contributed by atoms with Crippen LogP contribution in [0.3, 0.4) is 0 Å². The van der Waals surface area contributed by atoms with E-state index in [4.69, 9.17) is 15.2 Å². The highest BCUT2D eigenvalue weighted by molar-refractivity contribution is 5.77. The van der Waals surface area contributed by atoms with Crippen LogP contribution in [0, 0.1) is 5.82 Å². The predicted molar refractivity (Wildman–Crippen MR) is 76.5 cm³/mol. The maximum atomic E-state index is 13.3. The molecule has 1 aromatic carbocycles. The van der Waals surface area contributed by atoms with Crippen LogP contribution in [-0.2, 0) is 9.53 Å². The molecule has 116 valence electrons. The van der Waals surface area contributed by atoms with E-state index in [1.54, 1.807) is 13.0 Å². The van der Waals surface area contributed by atoms with E-state index in [-0.39, 0.29) is 24.6 Å². The van der Waals surface area contributed by atoms with Crippen LogP contribution in [0.15, 0.2) is 18.2 Å². The van der Waals surface area contributed by atoms with Gasteiger partial charge in [0.15, 0.2) is 6.61 Å². The van der Waals surface area contributed by atoms with Gasteiger partial charge in [-0.25, -0.2) is 4.39 Å². The van der Waals surface area contributed by atoms with Crippen molar-refractivity contribution in [1.82, 2.24) is 5.32 Å². The van der Waals surface area contributed by atoms with Crippen LogP contribution in [0.25, 0.3) is 0 Å². The summed E-state index contributed by atoms with van der Waals surface area (Å²) in [7, 11) is 0. The smallest absolute Gasteiger partial charge is 0.258 e. The lowest BCUT2D eigenvalue weighted by Gasteiger charge is -2.23. The van der Waals surface area contributed by atoms with Gasteiger partial charge in [0.05, 0.1) is 0 Å². The van der Waals surface area contributed by atoms with Crippen molar-refractivity contribution in [2.24, 2.45) is 5.73 Å². The highest BCUT2D eigenvalue weighted by Crippen LogP contribution is 2.24. The molecule has 1 atom stereocenters. The van der Waals surface area contributed by atoms with Crippen molar-refractivity contribution in [3.05, 3.63) is 29.6 Å². The summed E-state index contributed by atoms with van der Waals surface area (Å²) < 4.78 is 23.9. The minimum Gasteiger partial charge on any atom is -0.483 e. The lowest BCUT2D eigenvalue weighted by molar-refractivity contribution is -0.124. The number of rotatable bonds is 5. The molecule has 0 aliphatic carbocycles. The molecule has 0 aromatic heterocycles. The molecule has 1 unspecified atom stereocenters. The van der Waals surface area contributed by atoms with Gasteiger partial charge in [0.1, 0.15) is 11.6 Å². The molecule has 21 heavy (non-hydrogen) atoms. The van der Waals surface area contributed by atoms with E-state index in [0.29, 0.717) is 24.5 Å². The van der Waals surface area contributed by atoms with E-state index in [9.17, 15) is 9.18 Å². The van der Waals surface area contributed by atoms with Gasteiger partial charge in [0.2, 0.25) is 0 Å². The molecule has 1 heterocycles.